The number of furan rings is 1. The van der Waals surface area contributed by atoms with Crippen LogP contribution in [-0.4, -0.2) is 22.3 Å². The average molecular weight is 423 g/mol. The van der Waals surface area contributed by atoms with Crippen LogP contribution in [0.2, 0.25) is 0 Å². The van der Waals surface area contributed by atoms with Gasteiger partial charge in [-0.1, -0.05) is 30.3 Å². The highest BCUT2D eigenvalue weighted by Crippen LogP contribution is 2.25. The number of carbonyl (C=O) groups is 1. The molecule has 0 saturated carbocycles. The lowest BCUT2D eigenvalue weighted by Crippen LogP contribution is -2.33. The largest absolute Gasteiger partial charge is 0.462 e. The fourth-order valence-electron chi connectivity index (χ4n) is 3.13. The predicted molar refractivity (Wildman–Crippen MR) is 118 cm³/mol. The third-order valence-electron chi connectivity index (χ3n) is 4.62. The Morgan fingerprint density at radius 1 is 1.10 bits per heavy atom. The van der Waals surface area contributed by atoms with Crippen LogP contribution in [0.5, 0.6) is 0 Å². The number of thiophene rings is 1. The molecule has 0 atom stereocenters. The number of aromatic nitrogens is 1. The minimum atomic E-state index is 0.100. The van der Waals surface area contributed by atoms with E-state index in [0.29, 0.717) is 19.5 Å². The van der Waals surface area contributed by atoms with Gasteiger partial charge >= 0.3 is 0 Å². The molecule has 4 nitrogen and oxygen atoms in total. The summed E-state index contributed by atoms with van der Waals surface area (Å²) in [5, 5.41) is 2.75. The molecule has 0 radical (unpaired) electrons. The molecule has 0 unspecified atom stereocenters. The summed E-state index contributed by atoms with van der Waals surface area (Å²) in [5.74, 6) is 0.840. The lowest BCUT2D eigenvalue weighted by Gasteiger charge is -2.22. The third-order valence-corrected chi connectivity index (χ3v) is 6.52. The quantitative estimate of drug-likeness (QED) is 0.372. The van der Waals surface area contributed by atoms with Gasteiger partial charge in [-0.2, -0.15) is 0 Å². The van der Waals surface area contributed by atoms with Crippen molar-refractivity contribution in [2.75, 3.05) is 6.54 Å². The topological polar surface area (TPSA) is 46.3 Å². The number of nitrogens with zero attached hydrogens (tertiary/aromatic N) is 2. The molecule has 4 rings (SSSR count). The maximum Gasteiger partial charge on any atom is 0.228 e. The first kappa shape index (κ1) is 19.6. The van der Waals surface area contributed by atoms with Gasteiger partial charge in [-0.25, -0.2) is 4.98 Å². The van der Waals surface area contributed by atoms with Gasteiger partial charge in [0, 0.05) is 21.7 Å². The van der Waals surface area contributed by atoms with Crippen LogP contribution < -0.4 is 0 Å². The molecule has 0 fully saturated rings. The number of aryl methyl sites for hydroxylation is 1. The molecule has 3 aromatic heterocycles. The van der Waals surface area contributed by atoms with E-state index in [9.17, 15) is 4.79 Å². The van der Waals surface area contributed by atoms with E-state index in [2.05, 4.69) is 36.2 Å². The van der Waals surface area contributed by atoms with Crippen LogP contribution in [0.4, 0.5) is 0 Å². The van der Waals surface area contributed by atoms with E-state index in [4.69, 9.17) is 4.42 Å². The van der Waals surface area contributed by atoms with Crippen molar-refractivity contribution in [1.82, 2.24) is 9.88 Å². The van der Waals surface area contributed by atoms with E-state index in [-0.39, 0.29) is 5.91 Å². The fraction of sp³-hybridized carbons (Fsp3) is 0.217. The van der Waals surface area contributed by atoms with Gasteiger partial charge in [0.2, 0.25) is 5.91 Å². The number of hydrogen-bond donors (Lipinski definition) is 0. The van der Waals surface area contributed by atoms with Crippen LogP contribution in [-0.2, 0) is 24.2 Å². The fourth-order valence-corrected chi connectivity index (χ4v) is 4.82. The number of thiazole rings is 1. The first-order valence-electron chi connectivity index (χ1n) is 9.52. The van der Waals surface area contributed by atoms with Crippen molar-refractivity contribution in [1.29, 1.82) is 0 Å². The number of amides is 1. The second-order valence-electron chi connectivity index (χ2n) is 6.86. The Balaban J connectivity index is 1.46. The minimum Gasteiger partial charge on any atom is -0.462 e. The van der Waals surface area contributed by atoms with E-state index in [0.717, 1.165) is 22.9 Å². The molecule has 0 aliphatic heterocycles. The molecular weight excluding hydrogens is 400 g/mol. The highest BCUT2D eigenvalue weighted by Gasteiger charge is 2.18. The Morgan fingerprint density at radius 3 is 2.69 bits per heavy atom. The molecule has 4 aromatic rings. The molecule has 0 spiro atoms. The maximum absolute atomic E-state index is 13.1. The molecule has 1 amide bonds. The standard InChI is InChI=1S/C23H22N2O2S2/c1-17-9-10-20(29-17)15-25(12-11-18-6-3-2-4-7-18)22(26)14-19-16-28-23(24-19)21-8-5-13-27-21/h2-10,13,16H,11-12,14-15H2,1H3. The predicted octanol–water partition coefficient (Wildman–Crippen LogP) is 5.59. The summed E-state index contributed by atoms with van der Waals surface area (Å²) in [5.41, 5.74) is 2.03. The van der Waals surface area contributed by atoms with Crippen molar-refractivity contribution in [2.45, 2.75) is 26.3 Å². The molecule has 0 aliphatic carbocycles. The van der Waals surface area contributed by atoms with Crippen LogP contribution >= 0.6 is 22.7 Å². The first-order valence-corrected chi connectivity index (χ1v) is 11.2. The zero-order valence-corrected chi connectivity index (χ0v) is 17.8. The van der Waals surface area contributed by atoms with Gasteiger partial charge in [0.15, 0.2) is 10.8 Å². The summed E-state index contributed by atoms with van der Waals surface area (Å²) >= 11 is 3.25. The average Bonchev–Trinajstić information content (AvgIpc) is 3.48. The SMILES string of the molecule is Cc1ccc(CN(CCc2ccccc2)C(=O)Cc2csc(-c3ccco3)n2)s1. The second-order valence-corrected chi connectivity index (χ2v) is 9.09. The summed E-state index contributed by atoms with van der Waals surface area (Å²) in [7, 11) is 0. The van der Waals surface area contributed by atoms with Crippen LogP contribution in [0.3, 0.4) is 0 Å². The Labute approximate surface area is 178 Å². The van der Waals surface area contributed by atoms with Crippen molar-refractivity contribution in [3.8, 4) is 10.8 Å². The summed E-state index contributed by atoms with van der Waals surface area (Å²) < 4.78 is 5.41. The highest BCUT2D eigenvalue weighted by molar-refractivity contribution is 7.13. The van der Waals surface area contributed by atoms with E-state index in [1.807, 2.05) is 40.6 Å². The molecule has 29 heavy (non-hydrogen) atoms. The number of rotatable bonds is 8. The lowest BCUT2D eigenvalue weighted by atomic mass is 10.1. The first-order chi connectivity index (χ1) is 14.2. The Bertz CT molecular complexity index is 1050. The van der Waals surface area contributed by atoms with Crippen LogP contribution in [0.15, 0.2) is 70.7 Å². The third kappa shape index (κ3) is 5.22. The van der Waals surface area contributed by atoms with Gasteiger partial charge in [0.05, 0.1) is 24.9 Å². The Kier molecular flexibility index (Phi) is 6.22. The molecule has 0 bridgehead atoms. The zero-order chi connectivity index (χ0) is 20.1. The van der Waals surface area contributed by atoms with Gasteiger partial charge < -0.3 is 9.32 Å². The maximum atomic E-state index is 13.1. The van der Waals surface area contributed by atoms with Crippen LogP contribution in [0.1, 0.15) is 21.0 Å². The van der Waals surface area contributed by atoms with Crippen molar-refractivity contribution < 1.29 is 9.21 Å². The number of benzene rings is 1. The summed E-state index contributed by atoms with van der Waals surface area (Å²) in [6.07, 6.45) is 2.78. The lowest BCUT2D eigenvalue weighted by molar-refractivity contribution is -0.131. The van der Waals surface area contributed by atoms with E-state index >= 15 is 0 Å². The van der Waals surface area contributed by atoms with Gasteiger partial charge in [0.1, 0.15) is 0 Å². The smallest absolute Gasteiger partial charge is 0.228 e. The molecule has 1 aromatic carbocycles. The van der Waals surface area contributed by atoms with Gasteiger partial charge in [-0.05, 0) is 43.2 Å². The normalized spacial score (nSPS) is 10.9. The summed E-state index contributed by atoms with van der Waals surface area (Å²) in [6, 6.07) is 18.2. The van der Waals surface area contributed by atoms with Gasteiger partial charge in [0.25, 0.3) is 0 Å². The van der Waals surface area contributed by atoms with Crippen molar-refractivity contribution in [2.24, 2.45) is 0 Å². The van der Waals surface area contributed by atoms with Crippen molar-refractivity contribution in [3.05, 3.63) is 87.3 Å². The highest BCUT2D eigenvalue weighted by atomic mass is 32.1. The van der Waals surface area contributed by atoms with E-state index < -0.39 is 0 Å². The zero-order valence-electron chi connectivity index (χ0n) is 16.2. The number of hydrogen-bond acceptors (Lipinski definition) is 5. The molecule has 148 valence electrons. The molecular formula is C23H22N2O2S2. The van der Waals surface area contributed by atoms with Gasteiger partial charge in [-0.15, -0.1) is 22.7 Å². The Morgan fingerprint density at radius 2 is 1.97 bits per heavy atom. The second kappa shape index (κ2) is 9.20. The van der Waals surface area contributed by atoms with Gasteiger partial charge in [-0.3, -0.25) is 4.79 Å². The Hall–Kier alpha value is -2.70. The molecule has 3 heterocycles. The van der Waals surface area contributed by atoms with E-state index in [1.54, 1.807) is 17.6 Å². The molecule has 0 saturated heterocycles. The van der Waals surface area contributed by atoms with Crippen molar-refractivity contribution in [3.63, 3.8) is 0 Å². The number of carbonyl (C=O) groups excluding carboxylic acids is 1. The summed E-state index contributed by atoms with van der Waals surface area (Å²) in [4.78, 5) is 22.1. The molecule has 6 heteroatoms. The van der Waals surface area contributed by atoms with Crippen LogP contribution in [0, 0.1) is 6.92 Å². The molecule has 0 aliphatic rings. The monoisotopic (exact) mass is 422 g/mol. The van der Waals surface area contributed by atoms with E-state index in [1.165, 1.54) is 26.7 Å². The van der Waals surface area contributed by atoms with Crippen LogP contribution in [0.25, 0.3) is 10.8 Å². The van der Waals surface area contributed by atoms with Crippen molar-refractivity contribution >= 4 is 28.6 Å². The minimum absolute atomic E-state index is 0.100. The summed E-state index contributed by atoms with van der Waals surface area (Å²) in [6.45, 7) is 3.42. The molecule has 0 N–H and O–H groups in total.